The van der Waals surface area contributed by atoms with Crippen molar-refractivity contribution >= 4 is 54.1 Å². The molecule has 0 rings (SSSR count). The summed E-state index contributed by atoms with van der Waals surface area (Å²) in [6.07, 6.45) is 1.27. The third-order valence-corrected chi connectivity index (χ3v) is 4.83. The largest absolute Gasteiger partial charge is 0.481 e. The highest BCUT2D eigenvalue weighted by atomic mass is 32.2. The predicted octanol–water partition coefficient (Wildman–Crippen LogP) is -1.58. The summed E-state index contributed by atoms with van der Waals surface area (Å²) in [7, 11) is 0. The monoisotopic (exact) mass is 452 g/mol. The molecule has 0 aromatic rings. The zero-order valence-electron chi connectivity index (χ0n) is 16.2. The molecule has 0 saturated carbocycles. The van der Waals surface area contributed by atoms with Gasteiger partial charge in [0.1, 0.15) is 18.1 Å². The van der Waals surface area contributed by atoms with Crippen LogP contribution in [0.25, 0.3) is 0 Å². The first-order chi connectivity index (χ1) is 13.5. The van der Waals surface area contributed by atoms with E-state index in [1.54, 1.807) is 6.26 Å². The van der Waals surface area contributed by atoms with Crippen molar-refractivity contribution in [3.05, 3.63) is 0 Å². The van der Waals surface area contributed by atoms with Gasteiger partial charge in [-0.15, -0.1) is 0 Å². The van der Waals surface area contributed by atoms with Gasteiger partial charge in [0.05, 0.1) is 6.04 Å². The molecular formula is C16H28N4O7S2. The number of rotatable bonds is 14. The molecule has 0 aliphatic carbocycles. The number of hydrogen-bond donors (Lipinski definition) is 7. The van der Waals surface area contributed by atoms with Gasteiger partial charge in [0.15, 0.2) is 0 Å². The van der Waals surface area contributed by atoms with Gasteiger partial charge in [-0.2, -0.15) is 24.4 Å². The average molecular weight is 453 g/mol. The summed E-state index contributed by atoms with van der Waals surface area (Å²) in [4.78, 5) is 58.7. The SMILES string of the molecule is CSCCC(NC(=O)C(CCC(=O)O)NC(=O)C(C)NC(=O)C(N)CS)C(=O)O. The molecule has 0 heterocycles. The number of nitrogens with one attached hydrogen (secondary N) is 3. The first-order valence-electron chi connectivity index (χ1n) is 8.74. The Hall–Kier alpha value is -1.99. The highest BCUT2D eigenvalue weighted by Crippen LogP contribution is 2.04. The maximum atomic E-state index is 12.5. The molecule has 0 fully saturated rings. The second kappa shape index (κ2) is 14.1. The summed E-state index contributed by atoms with van der Waals surface area (Å²) < 4.78 is 0. The predicted molar refractivity (Wildman–Crippen MR) is 111 cm³/mol. The van der Waals surface area contributed by atoms with Crippen LogP contribution in [0.15, 0.2) is 0 Å². The molecule has 0 aromatic carbocycles. The fraction of sp³-hybridized carbons (Fsp3) is 0.688. The van der Waals surface area contributed by atoms with E-state index >= 15 is 0 Å². The minimum Gasteiger partial charge on any atom is -0.481 e. The second-order valence-electron chi connectivity index (χ2n) is 6.19. The number of hydrogen-bond acceptors (Lipinski definition) is 8. The summed E-state index contributed by atoms with van der Waals surface area (Å²) >= 11 is 5.29. The van der Waals surface area contributed by atoms with E-state index in [1.807, 2.05) is 0 Å². The van der Waals surface area contributed by atoms with Crippen LogP contribution in [0.4, 0.5) is 0 Å². The van der Waals surface area contributed by atoms with E-state index in [0.29, 0.717) is 5.75 Å². The molecule has 0 bridgehead atoms. The van der Waals surface area contributed by atoms with Crippen LogP contribution in [-0.4, -0.2) is 81.8 Å². The number of thioether (sulfide) groups is 1. The van der Waals surface area contributed by atoms with Crippen LogP contribution in [0.3, 0.4) is 0 Å². The molecule has 0 radical (unpaired) electrons. The Morgan fingerprint density at radius 3 is 2.03 bits per heavy atom. The number of carboxylic acids is 2. The second-order valence-corrected chi connectivity index (χ2v) is 7.54. The van der Waals surface area contributed by atoms with Gasteiger partial charge in [0, 0.05) is 12.2 Å². The van der Waals surface area contributed by atoms with E-state index < -0.39 is 60.2 Å². The van der Waals surface area contributed by atoms with Crippen LogP contribution < -0.4 is 21.7 Å². The molecule has 4 atom stereocenters. The molecule has 0 aliphatic heterocycles. The molecule has 3 amide bonds. The lowest BCUT2D eigenvalue weighted by molar-refractivity contribution is -0.143. The minimum atomic E-state index is -1.28. The molecule has 166 valence electrons. The number of aliphatic carboxylic acids is 2. The number of carboxylic acid groups (broad SMARTS) is 2. The number of carbonyl (C=O) groups is 5. The average Bonchev–Trinajstić information content (AvgIpc) is 2.66. The highest BCUT2D eigenvalue weighted by molar-refractivity contribution is 7.98. The molecule has 0 spiro atoms. The van der Waals surface area contributed by atoms with E-state index in [4.69, 9.17) is 10.8 Å². The van der Waals surface area contributed by atoms with Gasteiger partial charge in [0.25, 0.3) is 0 Å². The lowest BCUT2D eigenvalue weighted by atomic mass is 10.1. The zero-order chi connectivity index (χ0) is 22.6. The van der Waals surface area contributed by atoms with Gasteiger partial charge in [-0.25, -0.2) is 4.79 Å². The first kappa shape index (κ1) is 27.0. The third kappa shape index (κ3) is 10.9. The smallest absolute Gasteiger partial charge is 0.326 e. The fourth-order valence-electron chi connectivity index (χ4n) is 2.07. The van der Waals surface area contributed by atoms with Crippen molar-refractivity contribution in [2.45, 2.75) is 50.4 Å². The van der Waals surface area contributed by atoms with Gasteiger partial charge in [-0.05, 0) is 31.8 Å². The number of thiol groups is 1. The van der Waals surface area contributed by atoms with Crippen molar-refractivity contribution in [2.24, 2.45) is 5.73 Å². The summed E-state index contributed by atoms with van der Waals surface area (Å²) in [6, 6.07) is -4.44. The maximum Gasteiger partial charge on any atom is 0.326 e. The van der Waals surface area contributed by atoms with Crippen LogP contribution >= 0.6 is 24.4 Å². The van der Waals surface area contributed by atoms with Gasteiger partial charge in [0.2, 0.25) is 17.7 Å². The Labute approximate surface area is 178 Å². The number of nitrogens with two attached hydrogens (primary N) is 1. The quantitative estimate of drug-likeness (QED) is 0.153. The van der Waals surface area contributed by atoms with E-state index in [0.717, 1.165) is 0 Å². The van der Waals surface area contributed by atoms with Crippen molar-refractivity contribution in [2.75, 3.05) is 17.8 Å². The lowest BCUT2D eigenvalue weighted by Gasteiger charge is -2.23. The molecule has 4 unspecified atom stereocenters. The Morgan fingerprint density at radius 1 is 0.966 bits per heavy atom. The molecule has 29 heavy (non-hydrogen) atoms. The maximum absolute atomic E-state index is 12.5. The van der Waals surface area contributed by atoms with Crippen LogP contribution in [0, 0.1) is 0 Å². The standard InChI is InChI=1S/C16H28N4O7S2/c1-8(18-14(24)9(17)7-28)13(23)19-10(3-4-12(21)22)15(25)20-11(16(26)27)5-6-29-2/h8-11,28H,3-7,17H2,1-2H3,(H,18,24)(H,19,23)(H,20,25)(H,21,22)(H,26,27). The number of amides is 3. The normalized spacial score (nSPS) is 14.8. The van der Waals surface area contributed by atoms with Crippen molar-refractivity contribution in [3.8, 4) is 0 Å². The fourth-order valence-corrected chi connectivity index (χ4v) is 2.70. The molecular weight excluding hydrogens is 424 g/mol. The molecule has 0 aliphatic rings. The third-order valence-electron chi connectivity index (χ3n) is 3.79. The van der Waals surface area contributed by atoms with E-state index in [-0.39, 0.29) is 18.6 Å². The minimum absolute atomic E-state index is 0.0659. The molecule has 11 nitrogen and oxygen atoms in total. The molecule has 0 saturated heterocycles. The summed E-state index contributed by atoms with van der Waals surface area (Å²) in [5.41, 5.74) is 5.51. The Kier molecular flexibility index (Phi) is 13.1. The van der Waals surface area contributed by atoms with Gasteiger partial charge in [-0.3, -0.25) is 19.2 Å². The van der Waals surface area contributed by atoms with Gasteiger partial charge < -0.3 is 31.9 Å². The van der Waals surface area contributed by atoms with E-state index in [2.05, 4.69) is 28.6 Å². The van der Waals surface area contributed by atoms with Gasteiger partial charge >= 0.3 is 11.9 Å². The van der Waals surface area contributed by atoms with Crippen molar-refractivity contribution < 1.29 is 34.2 Å². The molecule has 7 N–H and O–H groups in total. The molecule has 0 aromatic heterocycles. The zero-order valence-corrected chi connectivity index (χ0v) is 17.9. The Bertz CT molecular complexity index is 606. The van der Waals surface area contributed by atoms with Crippen LogP contribution in [0.1, 0.15) is 26.2 Å². The van der Waals surface area contributed by atoms with Crippen molar-refractivity contribution in [1.82, 2.24) is 16.0 Å². The van der Waals surface area contributed by atoms with E-state index in [1.165, 1.54) is 18.7 Å². The Balaban J connectivity index is 5.12. The molecule has 13 heteroatoms. The topological polar surface area (TPSA) is 188 Å². The van der Waals surface area contributed by atoms with E-state index in [9.17, 15) is 29.1 Å². The summed E-state index contributed by atoms with van der Waals surface area (Å²) in [6.45, 7) is 1.36. The van der Waals surface area contributed by atoms with Crippen molar-refractivity contribution in [1.29, 1.82) is 0 Å². The van der Waals surface area contributed by atoms with Gasteiger partial charge in [-0.1, -0.05) is 0 Å². The first-order valence-corrected chi connectivity index (χ1v) is 10.8. The summed E-state index contributed by atoms with van der Waals surface area (Å²) in [5, 5.41) is 25.1. The summed E-state index contributed by atoms with van der Waals surface area (Å²) in [5.74, 6) is -4.05. The highest BCUT2D eigenvalue weighted by Gasteiger charge is 2.28. The van der Waals surface area contributed by atoms with Crippen LogP contribution in [-0.2, 0) is 24.0 Å². The van der Waals surface area contributed by atoms with Crippen LogP contribution in [0.2, 0.25) is 0 Å². The van der Waals surface area contributed by atoms with Crippen LogP contribution in [0.5, 0.6) is 0 Å². The Morgan fingerprint density at radius 2 is 1.55 bits per heavy atom. The van der Waals surface area contributed by atoms with Crippen molar-refractivity contribution in [3.63, 3.8) is 0 Å². The number of carbonyl (C=O) groups excluding carboxylic acids is 3. The lowest BCUT2D eigenvalue weighted by Crippen LogP contribution is -2.56.